The summed E-state index contributed by atoms with van der Waals surface area (Å²) < 4.78 is 7.15. The fourth-order valence-corrected chi connectivity index (χ4v) is 3.88. The number of hydrogen-bond donors (Lipinski definition) is 1. The van der Waals surface area contributed by atoms with Crippen molar-refractivity contribution in [3.63, 3.8) is 0 Å². The van der Waals surface area contributed by atoms with Gasteiger partial charge in [0.15, 0.2) is 0 Å². The van der Waals surface area contributed by atoms with Crippen LogP contribution in [0.1, 0.15) is 16.3 Å². The maximum absolute atomic E-state index is 12.7. The highest BCUT2D eigenvalue weighted by molar-refractivity contribution is 7.15. The predicted octanol–water partition coefficient (Wildman–Crippen LogP) is 4.47. The first kappa shape index (κ1) is 21.0. The van der Waals surface area contributed by atoms with Crippen LogP contribution in [-0.4, -0.2) is 27.8 Å². The van der Waals surface area contributed by atoms with Gasteiger partial charge in [0.05, 0.1) is 7.11 Å². The van der Waals surface area contributed by atoms with Crippen LogP contribution >= 0.6 is 11.3 Å². The standard InChI is InChI=1S/C24H19N5O2S/c1-31-21-11-5-9-20(15-21)29-12-6-10-19(29)14-18(16-25)23(30)26-24-28-27-22(32-24)13-17-7-3-2-4-8-17/h2-12,14-15H,13H2,1H3,(H,26,28,30)/b18-14-. The summed E-state index contributed by atoms with van der Waals surface area (Å²) in [6, 6.07) is 23.1. The minimum absolute atomic E-state index is 0.0346. The Balaban J connectivity index is 1.51. The average molecular weight is 442 g/mol. The van der Waals surface area contributed by atoms with Crippen molar-refractivity contribution in [3.05, 3.63) is 94.8 Å². The third-order valence-electron chi connectivity index (χ3n) is 4.65. The highest BCUT2D eigenvalue weighted by Gasteiger charge is 2.14. The summed E-state index contributed by atoms with van der Waals surface area (Å²) in [4.78, 5) is 12.7. The van der Waals surface area contributed by atoms with Gasteiger partial charge < -0.3 is 9.30 Å². The highest BCUT2D eigenvalue weighted by atomic mass is 32.1. The summed E-state index contributed by atoms with van der Waals surface area (Å²) in [5.74, 6) is 0.181. The van der Waals surface area contributed by atoms with E-state index in [-0.39, 0.29) is 5.57 Å². The average Bonchev–Trinajstić information content (AvgIpc) is 3.47. The minimum atomic E-state index is -0.534. The number of carbonyl (C=O) groups excluding carboxylic acids is 1. The molecule has 158 valence electrons. The van der Waals surface area contributed by atoms with Crippen molar-refractivity contribution in [2.24, 2.45) is 0 Å². The van der Waals surface area contributed by atoms with E-state index in [4.69, 9.17) is 4.74 Å². The molecule has 7 nitrogen and oxygen atoms in total. The zero-order valence-corrected chi connectivity index (χ0v) is 18.0. The lowest BCUT2D eigenvalue weighted by molar-refractivity contribution is -0.112. The van der Waals surface area contributed by atoms with Gasteiger partial charge in [0.1, 0.15) is 22.4 Å². The van der Waals surface area contributed by atoms with Gasteiger partial charge >= 0.3 is 0 Å². The summed E-state index contributed by atoms with van der Waals surface area (Å²) in [6.07, 6.45) is 4.03. The van der Waals surface area contributed by atoms with Crippen molar-refractivity contribution in [1.29, 1.82) is 5.26 Å². The zero-order valence-electron chi connectivity index (χ0n) is 17.2. The fourth-order valence-electron chi connectivity index (χ4n) is 3.11. The summed E-state index contributed by atoms with van der Waals surface area (Å²) in [5.41, 5.74) is 2.62. The van der Waals surface area contributed by atoms with Crippen molar-refractivity contribution in [2.75, 3.05) is 12.4 Å². The van der Waals surface area contributed by atoms with Crippen LogP contribution in [0.5, 0.6) is 5.75 Å². The molecule has 0 radical (unpaired) electrons. The lowest BCUT2D eigenvalue weighted by Gasteiger charge is -2.09. The molecule has 0 aliphatic carbocycles. The van der Waals surface area contributed by atoms with E-state index < -0.39 is 5.91 Å². The van der Waals surface area contributed by atoms with E-state index in [1.165, 1.54) is 11.3 Å². The van der Waals surface area contributed by atoms with Gasteiger partial charge in [0.2, 0.25) is 5.13 Å². The molecule has 2 aromatic carbocycles. The Labute approximate surface area is 189 Å². The van der Waals surface area contributed by atoms with Gasteiger partial charge in [-0.3, -0.25) is 10.1 Å². The van der Waals surface area contributed by atoms with Crippen LogP contribution < -0.4 is 10.1 Å². The maximum Gasteiger partial charge on any atom is 0.268 e. The van der Waals surface area contributed by atoms with Crippen molar-refractivity contribution < 1.29 is 9.53 Å². The van der Waals surface area contributed by atoms with E-state index >= 15 is 0 Å². The van der Waals surface area contributed by atoms with Crippen molar-refractivity contribution in [1.82, 2.24) is 14.8 Å². The van der Waals surface area contributed by atoms with Crippen molar-refractivity contribution in [3.8, 4) is 17.5 Å². The molecule has 0 fully saturated rings. The number of ether oxygens (including phenoxy) is 1. The molecule has 0 saturated heterocycles. The number of methoxy groups -OCH3 is 1. The second-order valence-corrected chi connectivity index (χ2v) is 7.85. The number of hydrogen-bond acceptors (Lipinski definition) is 6. The first-order valence-corrected chi connectivity index (χ1v) is 10.6. The van der Waals surface area contributed by atoms with E-state index in [0.717, 1.165) is 16.3 Å². The number of carbonyl (C=O) groups is 1. The smallest absolute Gasteiger partial charge is 0.268 e. The van der Waals surface area contributed by atoms with Crippen LogP contribution in [0.25, 0.3) is 11.8 Å². The Morgan fingerprint density at radius 3 is 2.78 bits per heavy atom. The normalized spacial score (nSPS) is 11.1. The molecule has 4 aromatic rings. The van der Waals surface area contributed by atoms with E-state index in [9.17, 15) is 10.1 Å². The van der Waals surface area contributed by atoms with Gasteiger partial charge in [-0.25, -0.2) is 0 Å². The highest BCUT2D eigenvalue weighted by Crippen LogP contribution is 2.22. The van der Waals surface area contributed by atoms with Gasteiger partial charge in [-0.05, 0) is 35.9 Å². The SMILES string of the molecule is COc1cccc(-n2cccc2/C=C(/C#N)C(=O)Nc2nnc(Cc3ccccc3)s2)c1. The summed E-state index contributed by atoms with van der Waals surface area (Å²) in [5, 5.41) is 21.5. The third-order valence-corrected chi connectivity index (χ3v) is 5.49. The lowest BCUT2D eigenvalue weighted by atomic mass is 10.2. The van der Waals surface area contributed by atoms with Crippen molar-refractivity contribution >= 4 is 28.5 Å². The number of amides is 1. The molecule has 0 spiro atoms. The molecule has 0 saturated carbocycles. The van der Waals surface area contributed by atoms with Crippen LogP contribution in [0, 0.1) is 11.3 Å². The number of anilines is 1. The number of nitriles is 1. The molecular formula is C24H19N5O2S. The van der Waals surface area contributed by atoms with E-state index in [1.807, 2.05) is 83.6 Å². The molecule has 4 rings (SSSR count). The minimum Gasteiger partial charge on any atom is -0.497 e. The molecular weight excluding hydrogens is 422 g/mol. The summed E-state index contributed by atoms with van der Waals surface area (Å²) in [6.45, 7) is 0. The first-order chi connectivity index (χ1) is 15.7. The number of aromatic nitrogens is 3. The van der Waals surface area contributed by atoms with E-state index in [0.29, 0.717) is 23.0 Å². The monoisotopic (exact) mass is 441 g/mol. The predicted molar refractivity (Wildman–Crippen MR) is 124 cm³/mol. The molecule has 1 amide bonds. The lowest BCUT2D eigenvalue weighted by Crippen LogP contribution is -2.13. The molecule has 2 aromatic heterocycles. The number of benzene rings is 2. The molecule has 1 N–H and O–H groups in total. The van der Waals surface area contributed by atoms with Gasteiger partial charge in [0, 0.05) is 30.1 Å². The van der Waals surface area contributed by atoms with Gasteiger partial charge in [0.25, 0.3) is 5.91 Å². The molecule has 32 heavy (non-hydrogen) atoms. The summed E-state index contributed by atoms with van der Waals surface area (Å²) >= 11 is 1.29. The first-order valence-electron chi connectivity index (χ1n) is 9.77. The Morgan fingerprint density at radius 1 is 1.16 bits per heavy atom. The Bertz CT molecular complexity index is 1300. The number of rotatable bonds is 7. The zero-order chi connectivity index (χ0) is 22.3. The third kappa shape index (κ3) is 4.91. The Hall–Kier alpha value is -4.22. The largest absolute Gasteiger partial charge is 0.497 e. The second kappa shape index (κ2) is 9.73. The van der Waals surface area contributed by atoms with Crippen LogP contribution in [0.2, 0.25) is 0 Å². The summed E-state index contributed by atoms with van der Waals surface area (Å²) in [7, 11) is 1.60. The van der Waals surface area contributed by atoms with Gasteiger partial charge in [-0.15, -0.1) is 10.2 Å². The Morgan fingerprint density at radius 2 is 2.00 bits per heavy atom. The van der Waals surface area contributed by atoms with Crippen LogP contribution in [0.3, 0.4) is 0 Å². The number of nitrogens with zero attached hydrogens (tertiary/aromatic N) is 4. The fraction of sp³-hybridized carbons (Fsp3) is 0.0833. The van der Waals surface area contributed by atoms with Gasteiger partial charge in [-0.2, -0.15) is 5.26 Å². The van der Waals surface area contributed by atoms with Gasteiger partial charge in [-0.1, -0.05) is 47.7 Å². The molecule has 8 heteroatoms. The maximum atomic E-state index is 12.7. The topological polar surface area (TPSA) is 92.8 Å². The van der Waals surface area contributed by atoms with Crippen LogP contribution in [0.4, 0.5) is 5.13 Å². The molecule has 0 unspecified atom stereocenters. The molecule has 2 heterocycles. The molecule has 0 atom stereocenters. The van der Waals surface area contributed by atoms with E-state index in [2.05, 4.69) is 15.5 Å². The number of nitrogens with one attached hydrogen (secondary N) is 1. The molecule has 0 aliphatic heterocycles. The van der Waals surface area contributed by atoms with E-state index in [1.54, 1.807) is 13.2 Å². The molecule has 0 bridgehead atoms. The molecule has 0 aliphatic rings. The van der Waals surface area contributed by atoms with Crippen molar-refractivity contribution in [2.45, 2.75) is 6.42 Å². The quantitative estimate of drug-likeness (QED) is 0.337. The van der Waals surface area contributed by atoms with Crippen LogP contribution in [-0.2, 0) is 11.2 Å². The van der Waals surface area contributed by atoms with Crippen LogP contribution in [0.15, 0.2) is 78.5 Å². The Kier molecular flexibility index (Phi) is 6.39. The second-order valence-electron chi connectivity index (χ2n) is 6.79.